The molecule has 0 saturated heterocycles. The zero-order valence-corrected chi connectivity index (χ0v) is 22.3. The van der Waals surface area contributed by atoms with E-state index >= 15 is 0 Å². The first-order valence-corrected chi connectivity index (χ1v) is 13.8. The molecule has 1 unspecified atom stereocenters. The van der Waals surface area contributed by atoms with Gasteiger partial charge >= 0.3 is 0 Å². The number of thioether (sulfide) groups is 1. The molecule has 1 aliphatic rings. The number of nitrogens with zero attached hydrogens (tertiary/aromatic N) is 3. The van der Waals surface area contributed by atoms with Gasteiger partial charge in [-0.15, -0.1) is 11.8 Å². The highest BCUT2D eigenvalue weighted by molar-refractivity contribution is 8.00. The van der Waals surface area contributed by atoms with Crippen LogP contribution >= 0.6 is 23.4 Å². The van der Waals surface area contributed by atoms with Crippen LogP contribution in [0.5, 0.6) is 0 Å². The average Bonchev–Trinajstić information content (AvgIpc) is 3.25. The van der Waals surface area contributed by atoms with Crippen LogP contribution in [0.3, 0.4) is 0 Å². The summed E-state index contributed by atoms with van der Waals surface area (Å²) in [5.74, 6) is -0.208. The van der Waals surface area contributed by atoms with Crippen LogP contribution in [0.15, 0.2) is 78.9 Å². The summed E-state index contributed by atoms with van der Waals surface area (Å²) in [4.78, 5) is 28.0. The lowest BCUT2D eigenvalue weighted by Crippen LogP contribution is -2.42. The predicted octanol–water partition coefficient (Wildman–Crippen LogP) is 6.03. The summed E-state index contributed by atoms with van der Waals surface area (Å²) >= 11 is 8.07. The van der Waals surface area contributed by atoms with Crippen molar-refractivity contribution in [1.82, 2.24) is 15.1 Å². The van der Waals surface area contributed by atoms with E-state index < -0.39 is 0 Å². The monoisotopic (exact) mass is 548 g/mol. The molecule has 6 nitrogen and oxygen atoms in total. The Morgan fingerprint density at radius 1 is 1.08 bits per heavy atom. The number of benzene rings is 3. The Kier molecular flexibility index (Phi) is 7.81. The van der Waals surface area contributed by atoms with Gasteiger partial charge in [0.15, 0.2) is 0 Å². The van der Waals surface area contributed by atoms with Gasteiger partial charge in [-0.25, -0.2) is 9.07 Å². The van der Waals surface area contributed by atoms with E-state index in [0.29, 0.717) is 28.8 Å². The number of halogens is 2. The fraction of sp³-hybridized carbons (Fsp3) is 0.207. The van der Waals surface area contributed by atoms with Gasteiger partial charge in [-0.1, -0.05) is 73.1 Å². The first kappa shape index (κ1) is 26.0. The van der Waals surface area contributed by atoms with Gasteiger partial charge in [0, 0.05) is 17.7 Å². The Bertz CT molecular complexity index is 1460. The molecule has 2 heterocycles. The summed E-state index contributed by atoms with van der Waals surface area (Å²) in [5, 5.41) is 7.99. The summed E-state index contributed by atoms with van der Waals surface area (Å²) in [6.45, 7) is 2.32. The molecular weight excluding hydrogens is 523 g/mol. The standard InChI is InChI=1S/C29H26ClFN4O2S/c1-2-16-32-24(36)17-34-25(37)18-38-28(20-12-14-21(31)15-13-20)26-27(19-8-4-3-5-9-19)33-35(29(26)34)23-11-7-6-10-22(23)30/h3-15,28H,2,16-18H2,1H3,(H,32,36). The molecule has 0 fully saturated rings. The smallest absolute Gasteiger partial charge is 0.240 e. The van der Waals surface area contributed by atoms with Crippen molar-refractivity contribution < 1.29 is 14.0 Å². The van der Waals surface area contributed by atoms with Crippen LogP contribution in [0.25, 0.3) is 16.9 Å². The van der Waals surface area contributed by atoms with E-state index in [0.717, 1.165) is 23.1 Å². The molecule has 0 saturated carbocycles. The lowest BCUT2D eigenvalue weighted by Gasteiger charge is -2.23. The van der Waals surface area contributed by atoms with Gasteiger partial charge in [-0.05, 0) is 36.2 Å². The van der Waals surface area contributed by atoms with E-state index in [1.165, 1.54) is 28.8 Å². The Labute approximate surface area is 229 Å². The minimum absolute atomic E-state index is 0.133. The summed E-state index contributed by atoms with van der Waals surface area (Å²) in [5.41, 5.74) is 3.70. The molecule has 1 aromatic heterocycles. The molecular formula is C29H26ClFN4O2S. The van der Waals surface area contributed by atoms with Crippen LogP contribution in [0, 0.1) is 5.82 Å². The number of carbonyl (C=O) groups is 2. The summed E-state index contributed by atoms with van der Waals surface area (Å²) < 4.78 is 15.5. The van der Waals surface area contributed by atoms with Gasteiger partial charge in [0.25, 0.3) is 0 Å². The predicted molar refractivity (Wildman–Crippen MR) is 150 cm³/mol. The number of carbonyl (C=O) groups excluding carboxylic acids is 2. The molecule has 3 aromatic carbocycles. The van der Waals surface area contributed by atoms with E-state index in [9.17, 15) is 14.0 Å². The van der Waals surface area contributed by atoms with E-state index in [1.54, 1.807) is 22.9 Å². The second kappa shape index (κ2) is 11.4. The molecule has 38 heavy (non-hydrogen) atoms. The van der Waals surface area contributed by atoms with Crippen molar-refractivity contribution in [3.8, 4) is 16.9 Å². The zero-order valence-electron chi connectivity index (χ0n) is 20.7. The number of anilines is 1. The number of rotatable bonds is 7. The van der Waals surface area contributed by atoms with Crippen molar-refractivity contribution in [2.24, 2.45) is 0 Å². The molecule has 1 atom stereocenters. The second-order valence-corrected chi connectivity index (χ2v) is 10.4. The fourth-order valence-electron chi connectivity index (χ4n) is 4.48. The molecule has 194 valence electrons. The van der Waals surface area contributed by atoms with E-state index in [1.807, 2.05) is 55.5 Å². The largest absolute Gasteiger partial charge is 0.355 e. The van der Waals surface area contributed by atoms with E-state index in [4.69, 9.17) is 16.7 Å². The molecule has 2 amide bonds. The summed E-state index contributed by atoms with van der Waals surface area (Å²) in [7, 11) is 0. The number of aromatic nitrogens is 2. The van der Waals surface area contributed by atoms with Crippen molar-refractivity contribution in [2.75, 3.05) is 23.7 Å². The number of hydrogen-bond donors (Lipinski definition) is 1. The molecule has 5 rings (SSSR count). The second-order valence-electron chi connectivity index (χ2n) is 8.89. The maximum atomic E-state index is 13.9. The zero-order chi connectivity index (χ0) is 26.6. The van der Waals surface area contributed by atoms with Crippen LogP contribution in [-0.2, 0) is 9.59 Å². The number of fused-ring (bicyclic) bond motifs is 1. The Morgan fingerprint density at radius 2 is 1.79 bits per heavy atom. The number of nitrogens with one attached hydrogen (secondary N) is 1. The molecule has 0 bridgehead atoms. The Balaban J connectivity index is 1.79. The molecule has 4 aromatic rings. The fourth-order valence-corrected chi connectivity index (χ4v) is 5.90. The third-order valence-corrected chi connectivity index (χ3v) is 7.84. The molecule has 1 N–H and O–H groups in total. The normalized spacial score (nSPS) is 15.2. The average molecular weight is 549 g/mol. The van der Waals surface area contributed by atoms with Gasteiger partial charge in [0.05, 0.1) is 27.4 Å². The maximum absolute atomic E-state index is 13.9. The minimum atomic E-state index is -0.343. The Morgan fingerprint density at radius 3 is 2.50 bits per heavy atom. The highest BCUT2D eigenvalue weighted by Gasteiger charge is 2.38. The third-order valence-electron chi connectivity index (χ3n) is 6.26. The number of amides is 2. The van der Waals surface area contributed by atoms with Gasteiger partial charge in [0.2, 0.25) is 11.8 Å². The summed E-state index contributed by atoms with van der Waals surface area (Å²) in [6, 6.07) is 23.2. The van der Waals surface area contributed by atoms with Gasteiger partial charge in [0.1, 0.15) is 18.2 Å². The van der Waals surface area contributed by atoms with Crippen LogP contribution in [0.2, 0.25) is 5.02 Å². The highest BCUT2D eigenvalue weighted by Crippen LogP contribution is 2.48. The van der Waals surface area contributed by atoms with Crippen LogP contribution in [-0.4, -0.2) is 40.4 Å². The number of para-hydroxylation sites is 1. The molecule has 0 spiro atoms. The topological polar surface area (TPSA) is 67.2 Å². The van der Waals surface area contributed by atoms with Crippen molar-refractivity contribution in [2.45, 2.75) is 18.6 Å². The van der Waals surface area contributed by atoms with Crippen LogP contribution in [0.4, 0.5) is 10.2 Å². The minimum Gasteiger partial charge on any atom is -0.355 e. The molecule has 1 aliphatic heterocycles. The van der Waals surface area contributed by atoms with Gasteiger partial charge < -0.3 is 5.32 Å². The number of hydrogen-bond acceptors (Lipinski definition) is 4. The Hall–Kier alpha value is -3.62. The van der Waals surface area contributed by atoms with Crippen LogP contribution in [0.1, 0.15) is 29.7 Å². The van der Waals surface area contributed by atoms with E-state index in [-0.39, 0.29) is 35.2 Å². The summed E-state index contributed by atoms with van der Waals surface area (Å²) in [6.07, 6.45) is 0.781. The van der Waals surface area contributed by atoms with Crippen molar-refractivity contribution in [3.05, 3.63) is 101 Å². The quantitative estimate of drug-likeness (QED) is 0.306. The SMILES string of the molecule is CCCNC(=O)CN1C(=O)CSC(c2ccc(F)cc2)c2c(-c3ccccc3)nn(-c3ccccc3Cl)c21. The lowest BCUT2D eigenvalue weighted by molar-refractivity contribution is -0.122. The maximum Gasteiger partial charge on any atom is 0.240 e. The van der Waals surface area contributed by atoms with E-state index in [2.05, 4.69) is 5.32 Å². The van der Waals surface area contributed by atoms with Gasteiger partial charge in [-0.2, -0.15) is 5.10 Å². The first-order valence-electron chi connectivity index (χ1n) is 12.3. The highest BCUT2D eigenvalue weighted by atomic mass is 35.5. The first-order chi connectivity index (χ1) is 18.5. The van der Waals surface area contributed by atoms with Crippen molar-refractivity contribution >= 4 is 41.0 Å². The lowest BCUT2D eigenvalue weighted by atomic mass is 9.99. The molecule has 0 aliphatic carbocycles. The van der Waals surface area contributed by atoms with Gasteiger partial charge in [-0.3, -0.25) is 14.5 Å². The van der Waals surface area contributed by atoms with Crippen LogP contribution < -0.4 is 10.2 Å². The van der Waals surface area contributed by atoms with Crippen molar-refractivity contribution in [3.63, 3.8) is 0 Å². The van der Waals surface area contributed by atoms with Crippen molar-refractivity contribution in [1.29, 1.82) is 0 Å². The molecule has 0 radical (unpaired) electrons. The molecule has 9 heteroatoms. The third kappa shape index (κ3) is 5.19.